The highest BCUT2D eigenvalue weighted by Gasteiger charge is 2.36. The van der Waals surface area contributed by atoms with E-state index in [1.807, 2.05) is 47.4 Å². The molecule has 4 rings (SSSR count). The average molecular weight is 451 g/mol. The third kappa shape index (κ3) is 5.64. The first-order chi connectivity index (χ1) is 15.5. The first-order valence-corrected chi connectivity index (χ1v) is 12.2. The fourth-order valence-corrected chi connectivity index (χ4v) is 5.46. The maximum absolute atomic E-state index is 13.6. The van der Waals surface area contributed by atoms with Crippen molar-refractivity contribution >= 4 is 17.2 Å². The summed E-state index contributed by atoms with van der Waals surface area (Å²) in [6.07, 6.45) is 0. The summed E-state index contributed by atoms with van der Waals surface area (Å²) in [5, 5.41) is 2.11. The monoisotopic (exact) mass is 450 g/mol. The Morgan fingerprint density at radius 3 is 2.47 bits per heavy atom. The van der Waals surface area contributed by atoms with E-state index >= 15 is 0 Å². The Labute approximate surface area is 194 Å². The van der Waals surface area contributed by atoms with Gasteiger partial charge in [0.05, 0.1) is 0 Å². The van der Waals surface area contributed by atoms with E-state index in [0.29, 0.717) is 18.4 Å². The van der Waals surface area contributed by atoms with Crippen LogP contribution in [0.25, 0.3) is 0 Å². The number of carbonyl (C=O) groups is 1. The summed E-state index contributed by atoms with van der Waals surface area (Å²) in [5.74, 6) is 0.837. The van der Waals surface area contributed by atoms with Crippen molar-refractivity contribution in [3.05, 3.63) is 93.9 Å². The maximum atomic E-state index is 13.6. The third-order valence-corrected chi connectivity index (χ3v) is 6.98. The Kier molecular flexibility index (Phi) is 7.38. The van der Waals surface area contributed by atoms with Crippen molar-refractivity contribution in [3.63, 3.8) is 0 Å². The molecule has 2 atom stereocenters. The lowest BCUT2D eigenvalue weighted by molar-refractivity contribution is 0.0703. The number of likely N-dealkylation sites (tertiary alicyclic amines) is 1. The largest absolute Gasteiger partial charge is 0.338 e. The predicted molar refractivity (Wildman–Crippen MR) is 129 cm³/mol. The molecular weight excluding hydrogens is 419 g/mol. The van der Waals surface area contributed by atoms with E-state index in [9.17, 15) is 9.18 Å². The molecule has 32 heavy (non-hydrogen) atoms. The summed E-state index contributed by atoms with van der Waals surface area (Å²) in [6, 6.07) is 20.7. The van der Waals surface area contributed by atoms with Gasteiger partial charge in [0.1, 0.15) is 5.82 Å². The second kappa shape index (κ2) is 10.4. The van der Waals surface area contributed by atoms with Gasteiger partial charge in [0.2, 0.25) is 0 Å². The summed E-state index contributed by atoms with van der Waals surface area (Å²) in [7, 11) is 0. The molecule has 1 saturated heterocycles. The zero-order chi connectivity index (χ0) is 22.5. The minimum absolute atomic E-state index is 0.0915. The highest BCUT2D eigenvalue weighted by molar-refractivity contribution is 7.09. The van der Waals surface area contributed by atoms with Crippen molar-refractivity contribution in [1.29, 1.82) is 0 Å². The molecule has 1 aliphatic heterocycles. The van der Waals surface area contributed by atoms with Crippen LogP contribution < -0.4 is 0 Å². The predicted octanol–water partition coefficient (Wildman–Crippen LogP) is 5.90. The van der Waals surface area contributed by atoms with Gasteiger partial charge in [0, 0.05) is 49.1 Å². The van der Waals surface area contributed by atoms with E-state index in [1.54, 1.807) is 23.5 Å². The van der Waals surface area contributed by atoms with E-state index in [2.05, 4.69) is 36.3 Å². The molecule has 168 valence electrons. The number of rotatable bonds is 8. The lowest BCUT2D eigenvalue weighted by Gasteiger charge is -2.30. The smallest absolute Gasteiger partial charge is 0.253 e. The van der Waals surface area contributed by atoms with Crippen LogP contribution in [-0.2, 0) is 6.54 Å². The lowest BCUT2D eigenvalue weighted by atomic mass is 9.88. The summed E-state index contributed by atoms with van der Waals surface area (Å²) >= 11 is 1.78. The van der Waals surface area contributed by atoms with Crippen LogP contribution in [0.15, 0.2) is 72.1 Å². The fraction of sp³-hybridized carbons (Fsp3) is 0.370. The minimum atomic E-state index is -0.209. The van der Waals surface area contributed by atoms with Crippen LogP contribution in [0.2, 0.25) is 0 Å². The van der Waals surface area contributed by atoms with Crippen LogP contribution in [0.1, 0.15) is 40.6 Å². The Hall–Kier alpha value is -2.50. The zero-order valence-corrected chi connectivity index (χ0v) is 19.6. The van der Waals surface area contributed by atoms with Crippen LogP contribution in [-0.4, -0.2) is 41.9 Å². The topological polar surface area (TPSA) is 23.6 Å². The van der Waals surface area contributed by atoms with Gasteiger partial charge in [-0.25, -0.2) is 4.39 Å². The fourth-order valence-electron chi connectivity index (χ4n) is 4.71. The molecule has 0 saturated carbocycles. The van der Waals surface area contributed by atoms with Crippen LogP contribution in [0.3, 0.4) is 0 Å². The van der Waals surface area contributed by atoms with Gasteiger partial charge >= 0.3 is 0 Å². The molecule has 1 aliphatic rings. The first kappa shape index (κ1) is 22.7. The number of hydrogen-bond acceptors (Lipinski definition) is 3. The van der Waals surface area contributed by atoms with Crippen LogP contribution in [0.5, 0.6) is 0 Å². The summed E-state index contributed by atoms with van der Waals surface area (Å²) in [5.41, 5.74) is 1.89. The molecule has 0 N–H and O–H groups in total. The van der Waals surface area contributed by atoms with Crippen molar-refractivity contribution < 1.29 is 9.18 Å². The van der Waals surface area contributed by atoms with E-state index < -0.39 is 0 Å². The summed E-state index contributed by atoms with van der Waals surface area (Å²) in [6.45, 7) is 8.50. The second-order valence-electron chi connectivity index (χ2n) is 9.16. The van der Waals surface area contributed by atoms with Gasteiger partial charge in [-0.15, -0.1) is 11.3 Å². The Bertz CT molecular complexity index is 988. The molecule has 2 aromatic carbocycles. The standard InChI is InChI=1S/C27H31FN2OS/c1-20(2)15-30(27(31)22-7-4-3-5-8-22)17-23-16-29(18-25-9-6-14-32-25)19-26(23)21-10-12-24(28)13-11-21/h3-14,20,23,26H,15-19H2,1-2H3/t23-,26-/m1/s1. The van der Waals surface area contributed by atoms with E-state index in [0.717, 1.165) is 37.3 Å². The Morgan fingerprint density at radius 2 is 1.81 bits per heavy atom. The molecule has 3 aromatic rings. The molecular formula is C27H31FN2OS. The molecule has 1 amide bonds. The van der Waals surface area contributed by atoms with Gasteiger partial charge in [-0.1, -0.05) is 50.2 Å². The molecule has 0 unspecified atom stereocenters. The minimum Gasteiger partial charge on any atom is -0.338 e. The number of hydrogen-bond donors (Lipinski definition) is 0. The number of nitrogens with zero attached hydrogens (tertiary/aromatic N) is 2. The molecule has 1 fully saturated rings. The highest BCUT2D eigenvalue weighted by Crippen LogP contribution is 2.35. The summed E-state index contributed by atoms with van der Waals surface area (Å²) in [4.78, 5) is 19.2. The van der Waals surface area contributed by atoms with Gasteiger partial charge < -0.3 is 4.90 Å². The van der Waals surface area contributed by atoms with Crippen molar-refractivity contribution in [1.82, 2.24) is 9.80 Å². The van der Waals surface area contributed by atoms with Crippen LogP contribution in [0.4, 0.5) is 4.39 Å². The molecule has 3 nitrogen and oxygen atoms in total. The average Bonchev–Trinajstić information content (AvgIpc) is 3.44. The molecule has 0 spiro atoms. The SMILES string of the molecule is CC(C)CN(C[C@H]1CN(Cc2cccs2)C[C@@H]1c1ccc(F)cc1)C(=O)c1ccccc1. The van der Waals surface area contributed by atoms with Gasteiger partial charge in [-0.05, 0) is 53.1 Å². The van der Waals surface area contributed by atoms with E-state index in [1.165, 1.54) is 4.88 Å². The number of amides is 1. The first-order valence-electron chi connectivity index (χ1n) is 11.3. The van der Waals surface area contributed by atoms with E-state index in [-0.39, 0.29) is 17.6 Å². The third-order valence-electron chi connectivity index (χ3n) is 6.12. The maximum Gasteiger partial charge on any atom is 0.253 e. The van der Waals surface area contributed by atoms with Crippen molar-refractivity contribution in [2.45, 2.75) is 26.3 Å². The molecule has 0 radical (unpaired) electrons. The van der Waals surface area contributed by atoms with E-state index in [4.69, 9.17) is 0 Å². The second-order valence-corrected chi connectivity index (χ2v) is 10.2. The number of carbonyl (C=O) groups excluding carboxylic acids is 1. The summed E-state index contributed by atoms with van der Waals surface area (Å²) < 4.78 is 13.6. The van der Waals surface area contributed by atoms with Crippen molar-refractivity contribution in [3.8, 4) is 0 Å². The lowest BCUT2D eigenvalue weighted by Crippen LogP contribution is -2.39. The number of halogens is 1. The molecule has 1 aromatic heterocycles. The molecule has 2 heterocycles. The molecule has 5 heteroatoms. The quantitative estimate of drug-likeness (QED) is 0.426. The van der Waals surface area contributed by atoms with Gasteiger partial charge in [0.15, 0.2) is 0 Å². The highest BCUT2D eigenvalue weighted by atomic mass is 32.1. The Balaban J connectivity index is 1.57. The number of thiophene rings is 1. The molecule has 0 aliphatic carbocycles. The number of benzene rings is 2. The molecule has 0 bridgehead atoms. The van der Waals surface area contributed by atoms with Gasteiger partial charge in [0.25, 0.3) is 5.91 Å². The normalized spacial score (nSPS) is 18.9. The van der Waals surface area contributed by atoms with Gasteiger partial charge in [-0.3, -0.25) is 9.69 Å². The zero-order valence-electron chi connectivity index (χ0n) is 18.8. The van der Waals surface area contributed by atoms with Crippen molar-refractivity contribution in [2.24, 2.45) is 11.8 Å². The van der Waals surface area contributed by atoms with Gasteiger partial charge in [-0.2, -0.15) is 0 Å². The van der Waals surface area contributed by atoms with Crippen LogP contribution >= 0.6 is 11.3 Å². The Morgan fingerprint density at radius 1 is 1.06 bits per heavy atom. The van der Waals surface area contributed by atoms with Crippen molar-refractivity contribution in [2.75, 3.05) is 26.2 Å². The van der Waals surface area contributed by atoms with Crippen LogP contribution in [0, 0.1) is 17.7 Å².